The van der Waals surface area contributed by atoms with E-state index in [0.29, 0.717) is 0 Å². The molecule has 0 bridgehead atoms. The van der Waals surface area contributed by atoms with Crippen molar-refractivity contribution in [2.24, 2.45) is 11.7 Å². The Kier molecular flexibility index (Phi) is 8.27. The van der Waals surface area contributed by atoms with Gasteiger partial charge in [-0.15, -0.1) is 11.3 Å². The van der Waals surface area contributed by atoms with Gasteiger partial charge in [0.1, 0.15) is 5.42 Å². The van der Waals surface area contributed by atoms with Gasteiger partial charge in [-0.1, -0.05) is 91.0 Å². The monoisotopic (exact) mass is 600 g/mol. The lowest BCUT2D eigenvalue weighted by molar-refractivity contribution is -0.156. The number of hydrogen-bond acceptors (Lipinski definition) is 6. The zero-order valence-electron chi connectivity index (χ0n) is 22.7. The van der Waals surface area contributed by atoms with E-state index in [1.807, 2.05) is 91.0 Å². The Labute approximate surface area is 247 Å². The number of amides is 2. The average Bonchev–Trinajstić information content (AvgIpc) is 3.49. The highest BCUT2D eigenvalue weighted by atomic mass is 32.1. The minimum absolute atomic E-state index is 0.130. The molecular formula is C32H29N2O6PS. The fourth-order valence-electron chi connectivity index (χ4n) is 5.66. The number of likely N-dealkylation sites (tertiary alicyclic amines) is 1. The predicted molar refractivity (Wildman–Crippen MR) is 165 cm³/mol. The van der Waals surface area contributed by atoms with Crippen molar-refractivity contribution >= 4 is 63.1 Å². The first-order valence-corrected chi connectivity index (χ1v) is 15.9. The molecule has 3 aromatic carbocycles. The van der Waals surface area contributed by atoms with Gasteiger partial charge in [0.2, 0.25) is 5.91 Å². The third-order valence-corrected chi connectivity index (χ3v) is 12.9. The summed E-state index contributed by atoms with van der Waals surface area (Å²) in [6.07, 6.45) is -1.36. The summed E-state index contributed by atoms with van der Waals surface area (Å²) < 4.78 is 0. The molecule has 5 rings (SSSR count). The number of hydrogen-bond donors (Lipinski definition) is 3. The number of primary amides is 1. The van der Waals surface area contributed by atoms with Crippen LogP contribution in [0.15, 0.2) is 103 Å². The van der Waals surface area contributed by atoms with Gasteiger partial charge in [0.05, 0.1) is 27.8 Å². The second-order valence-corrected chi connectivity index (χ2v) is 14.4. The number of ketones is 1. The van der Waals surface area contributed by atoms with E-state index < -0.39 is 42.7 Å². The third-order valence-electron chi connectivity index (χ3n) is 7.47. The molecule has 3 atom stereocenters. The molecule has 1 aromatic heterocycles. The highest BCUT2D eigenvalue weighted by molar-refractivity contribution is 7.96. The van der Waals surface area contributed by atoms with Crippen LogP contribution in [-0.4, -0.2) is 56.2 Å². The highest BCUT2D eigenvalue weighted by Gasteiger charge is 2.55. The van der Waals surface area contributed by atoms with Gasteiger partial charge in [-0.3, -0.25) is 14.4 Å². The first-order chi connectivity index (χ1) is 20.2. The standard InChI is InChI=1S/C32H29N2O6PS/c1-20(35)28-24(19-25(36)26-17-18-27(42-26)29(33)37)34(30(28)38)31(32(39)40)41(21-11-5-2-6-12-21,22-13-7-3-8-14-22)23-15-9-4-10-16-23/h2-18,20,24,28,35H,19H2,1H3,(H2,33,37)(H,39,40)/t20-,24-,28-/m1/s1. The molecule has 0 aliphatic carbocycles. The number of carbonyl (C=O) groups is 4. The van der Waals surface area contributed by atoms with E-state index in [-0.39, 0.29) is 27.4 Å². The average molecular weight is 601 g/mol. The van der Waals surface area contributed by atoms with Crippen LogP contribution in [-0.2, 0) is 9.59 Å². The number of rotatable bonds is 10. The van der Waals surface area contributed by atoms with Crippen molar-refractivity contribution in [1.82, 2.24) is 4.90 Å². The summed E-state index contributed by atoms with van der Waals surface area (Å²) in [4.78, 5) is 54.1. The minimum atomic E-state index is -3.23. The molecule has 8 nitrogen and oxygen atoms in total. The molecule has 0 radical (unpaired) electrons. The molecule has 1 fully saturated rings. The van der Waals surface area contributed by atoms with Gasteiger partial charge >= 0.3 is 5.97 Å². The Bertz CT molecular complexity index is 1600. The molecule has 1 aliphatic heterocycles. The lowest BCUT2D eigenvalue weighted by Crippen LogP contribution is -2.68. The zero-order valence-corrected chi connectivity index (χ0v) is 24.4. The smallest absolute Gasteiger partial charge is 0.353 e. The van der Waals surface area contributed by atoms with Crippen LogP contribution in [0.2, 0.25) is 0 Å². The molecule has 2 heterocycles. The van der Waals surface area contributed by atoms with Gasteiger partial charge in [0.25, 0.3) is 5.91 Å². The van der Waals surface area contributed by atoms with Crippen LogP contribution in [0.5, 0.6) is 0 Å². The number of carboxylic acid groups (broad SMARTS) is 1. The number of β-lactam (4-membered cyclic amide) rings is 1. The SMILES string of the molecule is C[C@@H](O)[C@H]1C(=O)N(C(C(=O)O)=P(c2ccccc2)(c2ccccc2)c2ccccc2)[C@@H]1CC(=O)c1ccc(C(N)=O)s1. The summed E-state index contributed by atoms with van der Waals surface area (Å²) in [6, 6.07) is 29.7. The van der Waals surface area contributed by atoms with E-state index in [1.54, 1.807) is 0 Å². The molecule has 0 unspecified atom stereocenters. The first kappa shape index (κ1) is 29.2. The Balaban J connectivity index is 1.80. The topological polar surface area (TPSA) is 138 Å². The van der Waals surface area contributed by atoms with E-state index >= 15 is 0 Å². The van der Waals surface area contributed by atoms with Gasteiger partial charge < -0.3 is 20.8 Å². The summed E-state index contributed by atoms with van der Waals surface area (Å²) >= 11 is 0.942. The molecule has 42 heavy (non-hydrogen) atoms. The van der Waals surface area contributed by atoms with E-state index in [2.05, 4.69) is 0 Å². The number of carboxylic acids is 1. The maximum absolute atomic E-state index is 13.8. The molecule has 2 amide bonds. The van der Waals surface area contributed by atoms with Gasteiger partial charge in [0.15, 0.2) is 5.78 Å². The number of benzene rings is 3. The molecule has 0 spiro atoms. The first-order valence-electron chi connectivity index (χ1n) is 13.3. The number of Topliss-reactive ketones (excluding diaryl/α,β-unsaturated/α-hetero) is 1. The predicted octanol–water partition coefficient (Wildman–Crippen LogP) is 2.84. The fraction of sp³-hybridized carbons (Fsp3) is 0.156. The van der Waals surface area contributed by atoms with Crippen LogP contribution >= 0.6 is 18.2 Å². The Hall–Kier alpha value is -4.30. The Morgan fingerprint density at radius 2 is 1.29 bits per heavy atom. The largest absolute Gasteiger partial charge is 0.477 e. The number of nitrogens with zero attached hydrogens (tertiary/aromatic N) is 1. The lowest BCUT2D eigenvalue weighted by Gasteiger charge is -2.50. The van der Waals surface area contributed by atoms with Crippen molar-refractivity contribution in [3.63, 3.8) is 0 Å². The van der Waals surface area contributed by atoms with E-state index in [1.165, 1.54) is 24.0 Å². The lowest BCUT2D eigenvalue weighted by atomic mass is 9.80. The number of thiophene rings is 1. The van der Waals surface area contributed by atoms with Crippen LogP contribution in [0, 0.1) is 5.92 Å². The molecule has 1 saturated heterocycles. The number of aliphatic carboxylic acids is 1. The number of aliphatic hydroxyl groups is 1. The van der Waals surface area contributed by atoms with Crippen molar-refractivity contribution < 1.29 is 29.4 Å². The van der Waals surface area contributed by atoms with Crippen LogP contribution in [0.25, 0.3) is 0 Å². The van der Waals surface area contributed by atoms with Gasteiger partial charge in [-0.05, 0) is 35.0 Å². The summed E-state index contributed by atoms with van der Waals surface area (Å²) in [5.41, 5.74) is 5.23. The molecule has 0 saturated carbocycles. The Morgan fingerprint density at radius 1 is 0.833 bits per heavy atom. The van der Waals surface area contributed by atoms with Crippen LogP contribution < -0.4 is 21.6 Å². The van der Waals surface area contributed by atoms with E-state index in [9.17, 15) is 29.4 Å². The molecule has 10 heteroatoms. The maximum Gasteiger partial charge on any atom is 0.353 e. The summed E-state index contributed by atoms with van der Waals surface area (Å²) in [6.45, 7) is -1.77. The van der Waals surface area contributed by atoms with Crippen molar-refractivity contribution in [3.05, 3.63) is 113 Å². The zero-order chi connectivity index (χ0) is 30.0. The molecule has 4 aromatic rings. The Morgan fingerprint density at radius 3 is 1.67 bits per heavy atom. The second-order valence-electron chi connectivity index (χ2n) is 10.0. The molecular weight excluding hydrogens is 571 g/mol. The third kappa shape index (κ3) is 5.00. The van der Waals surface area contributed by atoms with Gasteiger partial charge in [-0.2, -0.15) is 0 Å². The normalized spacial score (nSPS) is 17.3. The van der Waals surface area contributed by atoms with Crippen LogP contribution in [0.3, 0.4) is 0 Å². The summed E-state index contributed by atoms with van der Waals surface area (Å²) in [5, 5.41) is 23.8. The summed E-state index contributed by atoms with van der Waals surface area (Å²) in [7, 11) is 0. The van der Waals surface area contributed by atoms with Crippen molar-refractivity contribution in [3.8, 4) is 0 Å². The summed E-state index contributed by atoms with van der Waals surface area (Å²) in [5.74, 6) is -3.87. The fourth-order valence-corrected chi connectivity index (χ4v) is 10.8. The van der Waals surface area contributed by atoms with Crippen molar-refractivity contribution in [1.29, 1.82) is 0 Å². The maximum atomic E-state index is 13.8. The van der Waals surface area contributed by atoms with Crippen LogP contribution in [0.1, 0.15) is 32.7 Å². The van der Waals surface area contributed by atoms with Gasteiger partial charge in [-0.25, -0.2) is 4.79 Å². The minimum Gasteiger partial charge on any atom is -0.477 e. The number of nitrogens with two attached hydrogens (primary N) is 1. The number of aliphatic hydroxyl groups excluding tert-OH is 1. The van der Waals surface area contributed by atoms with Crippen molar-refractivity contribution in [2.75, 3.05) is 0 Å². The van der Waals surface area contributed by atoms with Crippen molar-refractivity contribution in [2.45, 2.75) is 25.5 Å². The molecule has 4 N–H and O–H groups in total. The van der Waals surface area contributed by atoms with E-state index in [4.69, 9.17) is 5.73 Å². The van der Waals surface area contributed by atoms with Gasteiger partial charge in [0, 0.05) is 13.3 Å². The number of carbonyl (C=O) groups excluding carboxylic acids is 3. The van der Waals surface area contributed by atoms with E-state index in [0.717, 1.165) is 27.3 Å². The molecule has 1 aliphatic rings. The second kappa shape index (κ2) is 11.9. The highest BCUT2D eigenvalue weighted by Crippen LogP contribution is 2.49. The molecule has 214 valence electrons. The quantitative estimate of drug-likeness (QED) is 0.145. The van der Waals surface area contributed by atoms with Crippen LogP contribution in [0.4, 0.5) is 0 Å².